The van der Waals surface area contributed by atoms with E-state index in [4.69, 9.17) is 0 Å². The molecule has 0 unspecified atom stereocenters. The van der Waals surface area contributed by atoms with Crippen LogP contribution in [0.4, 0.5) is 8.78 Å². The highest BCUT2D eigenvalue weighted by Gasteiger charge is 2.36. The van der Waals surface area contributed by atoms with Gasteiger partial charge in [-0.1, -0.05) is 75.6 Å². The third kappa shape index (κ3) is 6.15. The van der Waals surface area contributed by atoms with E-state index in [0.29, 0.717) is 37.5 Å². The zero-order valence-corrected chi connectivity index (χ0v) is 20.2. The summed E-state index contributed by atoms with van der Waals surface area (Å²) in [5, 5.41) is 18.4. The molecule has 0 saturated heterocycles. The summed E-state index contributed by atoms with van der Waals surface area (Å²) < 4.78 is 31.0. The third-order valence-electron chi connectivity index (χ3n) is 6.01. The molecule has 0 bridgehead atoms. The average Bonchev–Trinajstić information content (AvgIpc) is 3.55. The molecular formula is C26H31F2N7. The van der Waals surface area contributed by atoms with E-state index in [9.17, 15) is 8.78 Å². The molecule has 0 radical (unpaired) electrons. The molecule has 7 nitrogen and oxygen atoms in total. The van der Waals surface area contributed by atoms with Crippen LogP contribution in [0.1, 0.15) is 69.6 Å². The lowest BCUT2D eigenvalue weighted by Crippen LogP contribution is -2.16. The Hall–Kier alpha value is -3.49. The predicted octanol–water partition coefficient (Wildman–Crippen LogP) is 6.19. The number of nitrogens with one attached hydrogen (secondary N) is 1. The van der Waals surface area contributed by atoms with E-state index in [1.54, 1.807) is 4.68 Å². The Morgan fingerprint density at radius 1 is 0.914 bits per heavy atom. The van der Waals surface area contributed by atoms with Crippen molar-refractivity contribution in [3.05, 3.63) is 65.7 Å². The van der Waals surface area contributed by atoms with Gasteiger partial charge in [-0.05, 0) is 40.8 Å². The number of benzene rings is 2. The molecule has 1 N–H and O–H groups in total. The number of alkyl halides is 2. The highest BCUT2D eigenvalue weighted by atomic mass is 19.3. The van der Waals surface area contributed by atoms with Crippen LogP contribution in [0.15, 0.2) is 48.5 Å². The number of halogens is 2. The second-order valence-corrected chi connectivity index (χ2v) is 8.79. The van der Waals surface area contributed by atoms with Crippen molar-refractivity contribution in [1.29, 1.82) is 0 Å². The molecule has 9 heteroatoms. The van der Waals surface area contributed by atoms with Crippen LogP contribution < -0.4 is 0 Å². The monoisotopic (exact) mass is 479 g/mol. The molecule has 4 rings (SSSR count). The number of hydrogen-bond donors (Lipinski definition) is 1. The average molecular weight is 480 g/mol. The summed E-state index contributed by atoms with van der Waals surface area (Å²) >= 11 is 0. The maximum Gasteiger partial charge on any atom is 0.308 e. The summed E-state index contributed by atoms with van der Waals surface area (Å²) in [6.07, 6.45) is 4.58. The number of nitrogens with zero attached hydrogens (tertiary/aromatic N) is 6. The van der Waals surface area contributed by atoms with Crippen molar-refractivity contribution in [2.75, 3.05) is 0 Å². The first kappa shape index (κ1) is 24.6. The SMILES string of the molecule is CCCCCc1nc(C(F)(F)CCCC)nn1Cc1ccc(-c2cccc(-c3nn[nH]n3)c2)cc1. The van der Waals surface area contributed by atoms with Crippen molar-refractivity contribution >= 4 is 0 Å². The Morgan fingerprint density at radius 3 is 2.40 bits per heavy atom. The standard InChI is InChI=1S/C26H31F2N7/c1-3-5-7-11-23-29-25(26(27,28)16-6-4-2)32-35(23)18-19-12-14-20(15-13-19)21-9-8-10-22(17-21)24-30-33-34-31-24/h8-10,12-15,17H,3-7,11,16,18H2,1-2H3,(H,30,31,33,34). The molecule has 35 heavy (non-hydrogen) atoms. The molecule has 0 amide bonds. The second kappa shape index (κ2) is 11.3. The van der Waals surface area contributed by atoms with Crippen molar-refractivity contribution in [2.24, 2.45) is 0 Å². The van der Waals surface area contributed by atoms with Gasteiger partial charge in [0.25, 0.3) is 0 Å². The Bertz CT molecular complexity index is 1200. The van der Waals surface area contributed by atoms with Gasteiger partial charge in [0, 0.05) is 18.4 Å². The Morgan fingerprint density at radius 2 is 1.69 bits per heavy atom. The number of aryl methyl sites for hydroxylation is 1. The first-order chi connectivity index (χ1) is 17.0. The first-order valence-electron chi connectivity index (χ1n) is 12.3. The molecule has 2 aromatic heterocycles. The lowest BCUT2D eigenvalue weighted by Gasteiger charge is -2.11. The molecule has 0 fully saturated rings. The van der Waals surface area contributed by atoms with Crippen LogP contribution in [-0.4, -0.2) is 35.4 Å². The van der Waals surface area contributed by atoms with Crippen molar-refractivity contribution in [2.45, 2.75) is 71.3 Å². The Labute approximate surface area is 204 Å². The Balaban J connectivity index is 1.54. The van der Waals surface area contributed by atoms with E-state index < -0.39 is 5.92 Å². The summed E-state index contributed by atoms with van der Waals surface area (Å²) in [6, 6.07) is 16.0. The number of H-pyrrole nitrogens is 1. The van der Waals surface area contributed by atoms with Crippen molar-refractivity contribution in [3.63, 3.8) is 0 Å². The molecular weight excluding hydrogens is 448 g/mol. The highest BCUT2D eigenvalue weighted by Crippen LogP contribution is 2.32. The lowest BCUT2D eigenvalue weighted by atomic mass is 10.0. The van der Waals surface area contributed by atoms with Crippen molar-refractivity contribution in [1.82, 2.24) is 35.4 Å². The lowest BCUT2D eigenvalue weighted by molar-refractivity contribution is -0.0245. The van der Waals surface area contributed by atoms with Gasteiger partial charge in [0.1, 0.15) is 5.82 Å². The minimum absolute atomic E-state index is 0.223. The van der Waals surface area contributed by atoms with E-state index in [1.165, 1.54) is 0 Å². The topological polar surface area (TPSA) is 85.2 Å². The molecule has 0 aliphatic rings. The first-order valence-corrected chi connectivity index (χ1v) is 12.3. The van der Waals surface area contributed by atoms with E-state index in [2.05, 4.69) is 37.6 Å². The minimum Gasteiger partial charge on any atom is -0.245 e. The molecule has 2 heterocycles. The van der Waals surface area contributed by atoms with Crippen LogP contribution in [0.3, 0.4) is 0 Å². The highest BCUT2D eigenvalue weighted by molar-refractivity contribution is 5.70. The smallest absolute Gasteiger partial charge is 0.245 e. The van der Waals surface area contributed by atoms with E-state index in [-0.39, 0.29) is 12.2 Å². The van der Waals surface area contributed by atoms with Crippen molar-refractivity contribution in [3.8, 4) is 22.5 Å². The van der Waals surface area contributed by atoms with E-state index in [0.717, 1.165) is 41.5 Å². The number of hydrogen-bond acceptors (Lipinski definition) is 5. The number of tetrazole rings is 1. The summed E-state index contributed by atoms with van der Waals surface area (Å²) in [7, 11) is 0. The predicted molar refractivity (Wildman–Crippen MR) is 131 cm³/mol. The number of unbranched alkanes of at least 4 members (excludes halogenated alkanes) is 3. The fraction of sp³-hybridized carbons (Fsp3) is 0.423. The largest absolute Gasteiger partial charge is 0.308 e. The van der Waals surface area contributed by atoms with Gasteiger partial charge >= 0.3 is 5.92 Å². The van der Waals surface area contributed by atoms with Gasteiger partial charge in [-0.3, -0.25) is 0 Å². The van der Waals surface area contributed by atoms with Crippen LogP contribution in [-0.2, 0) is 18.9 Å². The maximum absolute atomic E-state index is 14.7. The van der Waals surface area contributed by atoms with E-state index >= 15 is 0 Å². The number of aromatic amines is 1. The molecule has 0 saturated carbocycles. The normalized spacial score (nSPS) is 11.8. The summed E-state index contributed by atoms with van der Waals surface area (Å²) in [5.41, 5.74) is 3.91. The van der Waals surface area contributed by atoms with Gasteiger partial charge in [-0.2, -0.15) is 14.0 Å². The molecule has 184 valence electrons. The quantitative estimate of drug-likeness (QED) is 0.245. The van der Waals surface area contributed by atoms with Crippen molar-refractivity contribution < 1.29 is 8.78 Å². The van der Waals surface area contributed by atoms with Crippen LogP contribution in [0.5, 0.6) is 0 Å². The Kier molecular flexibility index (Phi) is 7.94. The fourth-order valence-corrected chi connectivity index (χ4v) is 3.98. The second-order valence-electron chi connectivity index (χ2n) is 8.79. The van der Waals surface area contributed by atoms with E-state index in [1.807, 2.05) is 55.5 Å². The summed E-state index contributed by atoms with van der Waals surface area (Å²) in [6.45, 7) is 4.43. The molecule has 0 atom stereocenters. The van der Waals surface area contributed by atoms with Gasteiger partial charge in [0.05, 0.1) is 6.54 Å². The van der Waals surface area contributed by atoms with Gasteiger partial charge in [0.2, 0.25) is 11.6 Å². The van der Waals surface area contributed by atoms with Crippen LogP contribution in [0.2, 0.25) is 0 Å². The zero-order valence-electron chi connectivity index (χ0n) is 20.2. The maximum atomic E-state index is 14.7. The fourth-order valence-electron chi connectivity index (χ4n) is 3.98. The molecule has 0 aliphatic heterocycles. The summed E-state index contributed by atoms with van der Waals surface area (Å²) in [5.74, 6) is -2.19. The number of rotatable bonds is 12. The van der Waals surface area contributed by atoms with Crippen LogP contribution >= 0.6 is 0 Å². The van der Waals surface area contributed by atoms with Gasteiger partial charge < -0.3 is 0 Å². The van der Waals surface area contributed by atoms with Crippen LogP contribution in [0.25, 0.3) is 22.5 Å². The number of aromatic nitrogens is 7. The van der Waals surface area contributed by atoms with Crippen LogP contribution in [0, 0.1) is 0 Å². The molecule has 0 aliphatic carbocycles. The molecule has 4 aromatic rings. The van der Waals surface area contributed by atoms with Gasteiger partial charge in [-0.15, -0.1) is 15.3 Å². The zero-order chi connectivity index (χ0) is 24.7. The minimum atomic E-state index is -3.01. The molecule has 2 aromatic carbocycles. The summed E-state index contributed by atoms with van der Waals surface area (Å²) in [4.78, 5) is 4.28. The van der Waals surface area contributed by atoms with Gasteiger partial charge in [0.15, 0.2) is 0 Å². The van der Waals surface area contributed by atoms with Gasteiger partial charge in [-0.25, -0.2) is 9.67 Å². The third-order valence-corrected chi connectivity index (χ3v) is 6.01. The molecule has 0 spiro atoms.